The lowest BCUT2D eigenvalue weighted by atomic mass is 10.1. The molecule has 0 atom stereocenters. The number of para-hydroxylation sites is 1. The standard InChI is InChI=1S/C17H21N7/c1-22(17-10-9-16-18-20-21-24(16)19-17)13-14-7-3-4-8-15(14)23-11-5-2-6-12-23/h3-4,7-10H,2,5-6,11-13H2,1H3. The summed E-state index contributed by atoms with van der Waals surface area (Å²) in [6.45, 7) is 3.10. The molecule has 1 aromatic carbocycles. The van der Waals surface area contributed by atoms with Gasteiger partial charge in [-0.3, -0.25) is 0 Å². The van der Waals surface area contributed by atoms with Gasteiger partial charge in [-0.25, -0.2) is 0 Å². The minimum absolute atomic E-state index is 0.654. The van der Waals surface area contributed by atoms with Gasteiger partial charge >= 0.3 is 0 Å². The maximum Gasteiger partial charge on any atom is 0.200 e. The molecule has 0 radical (unpaired) electrons. The summed E-state index contributed by atoms with van der Waals surface area (Å²) in [7, 11) is 2.05. The molecule has 2 aromatic heterocycles. The minimum Gasteiger partial charge on any atom is -0.371 e. The molecule has 0 unspecified atom stereocenters. The zero-order chi connectivity index (χ0) is 16.4. The van der Waals surface area contributed by atoms with Gasteiger partial charge in [-0.15, -0.1) is 14.8 Å². The lowest BCUT2D eigenvalue weighted by Gasteiger charge is -2.31. The molecule has 1 aliphatic heterocycles. The Hall–Kier alpha value is -2.70. The van der Waals surface area contributed by atoms with Crippen molar-refractivity contribution >= 4 is 17.2 Å². The van der Waals surface area contributed by atoms with Gasteiger partial charge in [0.2, 0.25) is 0 Å². The van der Waals surface area contributed by atoms with Crippen LogP contribution in [0.1, 0.15) is 24.8 Å². The Morgan fingerprint density at radius 1 is 1.04 bits per heavy atom. The molecular formula is C17H21N7. The molecule has 0 amide bonds. The highest BCUT2D eigenvalue weighted by atomic mass is 15.6. The lowest BCUT2D eigenvalue weighted by Crippen LogP contribution is -2.31. The molecule has 7 heteroatoms. The van der Waals surface area contributed by atoms with Crippen LogP contribution in [0.25, 0.3) is 5.65 Å². The smallest absolute Gasteiger partial charge is 0.200 e. The van der Waals surface area contributed by atoms with E-state index in [1.807, 2.05) is 19.2 Å². The third kappa shape index (κ3) is 2.89. The minimum atomic E-state index is 0.654. The molecule has 0 spiro atoms. The van der Waals surface area contributed by atoms with Crippen molar-refractivity contribution in [2.24, 2.45) is 0 Å². The van der Waals surface area contributed by atoms with Crippen LogP contribution in [-0.4, -0.2) is 45.4 Å². The second-order valence-electron chi connectivity index (χ2n) is 6.25. The van der Waals surface area contributed by atoms with Crippen molar-refractivity contribution in [1.82, 2.24) is 25.3 Å². The zero-order valence-electron chi connectivity index (χ0n) is 13.8. The van der Waals surface area contributed by atoms with Crippen molar-refractivity contribution in [2.75, 3.05) is 29.9 Å². The Morgan fingerprint density at radius 2 is 1.88 bits per heavy atom. The first kappa shape index (κ1) is 14.9. The van der Waals surface area contributed by atoms with Crippen LogP contribution in [0, 0.1) is 0 Å². The number of hydrogen-bond acceptors (Lipinski definition) is 6. The van der Waals surface area contributed by atoms with Gasteiger partial charge in [0.05, 0.1) is 0 Å². The monoisotopic (exact) mass is 323 g/mol. The van der Waals surface area contributed by atoms with Gasteiger partial charge in [0.1, 0.15) is 0 Å². The summed E-state index contributed by atoms with van der Waals surface area (Å²) in [5.74, 6) is 0.850. The van der Waals surface area contributed by atoms with Crippen molar-refractivity contribution in [2.45, 2.75) is 25.8 Å². The van der Waals surface area contributed by atoms with E-state index in [1.54, 1.807) is 0 Å². The molecule has 3 aromatic rings. The molecule has 24 heavy (non-hydrogen) atoms. The van der Waals surface area contributed by atoms with Crippen LogP contribution in [0.3, 0.4) is 0 Å². The number of anilines is 2. The Kier molecular flexibility index (Phi) is 3.98. The van der Waals surface area contributed by atoms with Crippen LogP contribution in [0.2, 0.25) is 0 Å². The van der Waals surface area contributed by atoms with Crippen molar-refractivity contribution in [3.05, 3.63) is 42.0 Å². The molecule has 1 fully saturated rings. The quantitative estimate of drug-likeness (QED) is 0.733. The van der Waals surface area contributed by atoms with E-state index < -0.39 is 0 Å². The molecule has 1 aliphatic rings. The first-order valence-electron chi connectivity index (χ1n) is 8.41. The number of tetrazole rings is 1. The van der Waals surface area contributed by atoms with Crippen molar-refractivity contribution in [3.8, 4) is 0 Å². The second kappa shape index (κ2) is 6.43. The number of hydrogen-bond donors (Lipinski definition) is 0. The zero-order valence-corrected chi connectivity index (χ0v) is 13.8. The van der Waals surface area contributed by atoms with Gasteiger partial charge in [0.25, 0.3) is 0 Å². The normalized spacial score (nSPS) is 15.0. The predicted octanol–water partition coefficient (Wildman–Crippen LogP) is 2.15. The summed E-state index contributed by atoms with van der Waals surface area (Å²) >= 11 is 0. The fraction of sp³-hybridized carbons (Fsp3) is 0.412. The van der Waals surface area contributed by atoms with E-state index in [0.29, 0.717) is 5.65 Å². The van der Waals surface area contributed by atoms with E-state index in [9.17, 15) is 0 Å². The maximum atomic E-state index is 4.47. The summed E-state index contributed by atoms with van der Waals surface area (Å²) in [6, 6.07) is 12.5. The van der Waals surface area contributed by atoms with E-state index in [1.165, 1.54) is 35.1 Å². The molecule has 0 aliphatic carbocycles. The Balaban J connectivity index is 1.57. The summed E-state index contributed by atoms with van der Waals surface area (Å²) < 4.78 is 1.46. The summed E-state index contributed by atoms with van der Waals surface area (Å²) in [6.07, 6.45) is 3.90. The van der Waals surface area contributed by atoms with Crippen LogP contribution >= 0.6 is 0 Å². The van der Waals surface area contributed by atoms with Crippen LogP contribution < -0.4 is 9.80 Å². The topological polar surface area (TPSA) is 62.5 Å². The van der Waals surface area contributed by atoms with Gasteiger partial charge in [0.15, 0.2) is 11.5 Å². The fourth-order valence-electron chi connectivity index (χ4n) is 3.27. The second-order valence-corrected chi connectivity index (χ2v) is 6.25. The molecule has 4 rings (SSSR count). The van der Waals surface area contributed by atoms with E-state index in [4.69, 9.17) is 0 Å². The molecule has 124 valence electrons. The molecular weight excluding hydrogens is 302 g/mol. The Morgan fingerprint density at radius 3 is 2.75 bits per heavy atom. The van der Waals surface area contributed by atoms with E-state index in [-0.39, 0.29) is 0 Å². The SMILES string of the molecule is CN(Cc1ccccc1N1CCCCC1)c1ccc2nnnn2n1. The van der Waals surface area contributed by atoms with Gasteiger partial charge < -0.3 is 9.80 Å². The molecule has 7 nitrogen and oxygen atoms in total. The van der Waals surface area contributed by atoms with Crippen LogP contribution in [0.15, 0.2) is 36.4 Å². The van der Waals surface area contributed by atoms with Gasteiger partial charge in [-0.1, -0.05) is 18.2 Å². The highest BCUT2D eigenvalue weighted by Crippen LogP contribution is 2.26. The Labute approximate surface area is 140 Å². The van der Waals surface area contributed by atoms with Crippen LogP contribution in [0.5, 0.6) is 0 Å². The molecule has 1 saturated heterocycles. The van der Waals surface area contributed by atoms with E-state index in [2.05, 4.69) is 54.7 Å². The van der Waals surface area contributed by atoms with Crippen molar-refractivity contribution < 1.29 is 0 Å². The summed E-state index contributed by atoms with van der Waals surface area (Å²) in [5.41, 5.74) is 3.31. The number of benzene rings is 1. The molecule has 0 saturated carbocycles. The summed E-state index contributed by atoms with van der Waals surface area (Å²) in [4.78, 5) is 4.63. The molecule has 0 N–H and O–H groups in total. The number of fused-ring (bicyclic) bond motifs is 1. The predicted molar refractivity (Wildman–Crippen MR) is 93.2 cm³/mol. The van der Waals surface area contributed by atoms with Gasteiger partial charge in [0, 0.05) is 32.4 Å². The van der Waals surface area contributed by atoms with Crippen molar-refractivity contribution in [1.29, 1.82) is 0 Å². The number of aromatic nitrogens is 5. The molecule has 0 bridgehead atoms. The third-order valence-electron chi connectivity index (χ3n) is 4.54. The third-order valence-corrected chi connectivity index (χ3v) is 4.54. The molecule has 3 heterocycles. The number of rotatable bonds is 4. The maximum absolute atomic E-state index is 4.47. The first-order valence-corrected chi connectivity index (χ1v) is 8.41. The number of nitrogens with zero attached hydrogens (tertiary/aromatic N) is 7. The largest absolute Gasteiger partial charge is 0.371 e. The first-order chi connectivity index (χ1) is 11.8. The fourth-order valence-corrected chi connectivity index (χ4v) is 3.27. The van der Waals surface area contributed by atoms with Gasteiger partial charge in [-0.2, -0.15) is 0 Å². The van der Waals surface area contributed by atoms with E-state index in [0.717, 1.165) is 25.5 Å². The Bertz CT molecular complexity index is 822. The summed E-state index contributed by atoms with van der Waals surface area (Å²) in [5, 5.41) is 15.9. The highest BCUT2D eigenvalue weighted by Gasteiger charge is 2.15. The van der Waals surface area contributed by atoms with Gasteiger partial charge in [-0.05, 0) is 53.5 Å². The van der Waals surface area contributed by atoms with Crippen LogP contribution in [0.4, 0.5) is 11.5 Å². The lowest BCUT2D eigenvalue weighted by molar-refractivity contribution is 0.576. The number of piperidine rings is 1. The van der Waals surface area contributed by atoms with Crippen LogP contribution in [-0.2, 0) is 6.54 Å². The van der Waals surface area contributed by atoms with E-state index >= 15 is 0 Å². The van der Waals surface area contributed by atoms with Crippen molar-refractivity contribution in [3.63, 3.8) is 0 Å². The average Bonchev–Trinajstić information content (AvgIpc) is 3.10. The average molecular weight is 323 g/mol. The highest BCUT2D eigenvalue weighted by molar-refractivity contribution is 5.56.